The van der Waals surface area contributed by atoms with Crippen molar-refractivity contribution in [3.63, 3.8) is 0 Å². The van der Waals surface area contributed by atoms with Crippen molar-refractivity contribution in [1.82, 2.24) is 14.9 Å². The van der Waals surface area contributed by atoms with E-state index >= 15 is 0 Å². The number of thioether (sulfide) groups is 1. The number of hydrogen-bond acceptors (Lipinski definition) is 6. The van der Waals surface area contributed by atoms with Crippen LogP contribution in [0.3, 0.4) is 0 Å². The summed E-state index contributed by atoms with van der Waals surface area (Å²) in [5, 5.41) is 2.75. The number of anilines is 3. The van der Waals surface area contributed by atoms with Crippen molar-refractivity contribution in [2.24, 2.45) is 0 Å². The average Bonchev–Trinajstić information content (AvgIpc) is 3.29. The molecule has 4 rings (SSSR count). The van der Waals surface area contributed by atoms with Gasteiger partial charge in [-0.05, 0) is 54.9 Å². The maximum absolute atomic E-state index is 12.5. The first-order valence-electron chi connectivity index (χ1n) is 10.1. The van der Waals surface area contributed by atoms with E-state index in [1.54, 1.807) is 11.1 Å². The van der Waals surface area contributed by atoms with Crippen molar-refractivity contribution in [3.8, 4) is 0 Å². The molecule has 0 atom stereocenters. The van der Waals surface area contributed by atoms with Crippen molar-refractivity contribution in [1.29, 1.82) is 0 Å². The number of nitrogens with one attached hydrogen (secondary N) is 1. The molecule has 0 bridgehead atoms. The van der Waals surface area contributed by atoms with Crippen LogP contribution in [0.15, 0.2) is 41.4 Å². The Morgan fingerprint density at radius 1 is 0.935 bits per heavy atom. The molecule has 1 aromatic heterocycles. The molecule has 2 amide bonds. The number of urea groups is 1. The second kappa shape index (κ2) is 9.21. The highest BCUT2D eigenvalue weighted by atomic mass is 32.2. The number of rotatable bonds is 4. The molecule has 2 aliphatic rings. The predicted molar refractivity (Wildman–Crippen MR) is 115 cm³/mol. The highest BCUT2D eigenvalue weighted by molar-refractivity contribution is 8.00. The van der Waals surface area contributed by atoms with Crippen LogP contribution in [-0.4, -0.2) is 65.7 Å². The van der Waals surface area contributed by atoms with Crippen LogP contribution in [0.25, 0.3) is 0 Å². The fourth-order valence-electron chi connectivity index (χ4n) is 3.67. The number of carbonyl (C=O) groups excluding carboxylic acids is 1. The molecule has 0 unspecified atom stereocenters. The van der Waals surface area contributed by atoms with E-state index in [0.717, 1.165) is 37.7 Å². The Balaban J connectivity index is 1.29. The number of nitrogens with zero attached hydrogens (tertiary/aromatic N) is 5. The van der Waals surface area contributed by atoms with Gasteiger partial charge in [-0.2, -0.15) is 18.2 Å². The van der Waals surface area contributed by atoms with Gasteiger partial charge in [0.2, 0.25) is 5.95 Å². The van der Waals surface area contributed by atoms with Gasteiger partial charge in [-0.25, -0.2) is 9.78 Å². The van der Waals surface area contributed by atoms with E-state index in [9.17, 15) is 18.0 Å². The van der Waals surface area contributed by atoms with Gasteiger partial charge in [0.25, 0.3) is 0 Å². The Morgan fingerprint density at radius 2 is 1.61 bits per heavy atom. The minimum absolute atomic E-state index is 0.0808. The third-order valence-corrected chi connectivity index (χ3v) is 5.99. The number of piperazine rings is 1. The molecule has 2 aromatic rings. The monoisotopic (exact) mass is 452 g/mol. The van der Waals surface area contributed by atoms with E-state index in [2.05, 4.69) is 25.1 Å². The molecule has 2 aliphatic heterocycles. The molecule has 0 spiro atoms. The summed E-state index contributed by atoms with van der Waals surface area (Å²) in [6, 6.07) is 7.26. The zero-order valence-electron chi connectivity index (χ0n) is 16.8. The van der Waals surface area contributed by atoms with E-state index < -0.39 is 5.51 Å². The second-order valence-electron chi connectivity index (χ2n) is 7.39. The fraction of sp³-hybridized carbons (Fsp3) is 0.450. The van der Waals surface area contributed by atoms with Crippen LogP contribution >= 0.6 is 11.8 Å². The zero-order valence-corrected chi connectivity index (χ0v) is 17.6. The lowest BCUT2D eigenvalue weighted by atomic mass is 10.3. The molecule has 11 heteroatoms. The smallest absolute Gasteiger partial charge is 0.353 e. The first kappa shape index (κ1) is 21.5. The molecule has 0 saturated carbocycles. The van der Waals surface area contributed by atoms with Gasteiger partial charge in [0.05, 0.1) is 0 Å². The number of alkyl halides is 3. The van der Waals surface area contributed by atoms with Crippen LogP contribution in [-0.2, 0) is 0 Å². The third kappa shape index (κ3) is 5.72. The summed E-state index contributed by atoms with van der Waals surface area (Å²) < 4.78 is 37.3. The average molecular weight is 453 g/mol. The molecule has 0 radical (unpaired) electrons. The Kier molecular flexibility index (Phi) is 6.40. The predicted octanol–water partition coefficient (Wildman–Crippen LogP) is 4.04. The number of amides is 2. The number of benzene rings is 1. The van der Waals surface area contributed by atoms with Crippen molar-refractivity contribution in [2.75, 3.05) is 54.4 Å². The first-order valence-corrected chi connectivity index (χ1v) is 10.9. The lowest BCUT2D eigenvalue weighted by Gasteiger charge is -2.35. The zero-order chi connectivity index (χ0) is 21.8. The fourth-order valence-corrected chi connectivity index (χ4v) is 4.21. The summed E-state index contributed by atoms with van der Waals surface area (Å²) in [6.07, 6.45) is 4.09. The van der Waals surface area contributed by atoms with Gasteiger partial charge >= 0.3 is 11.5 Å². The highest BCUT2D eigenvalue weighted by Gasteiger charge is 2.29. The van der Waals surface area contributed by atoms with E-state index in [0.29, 0.717) is 31.9 Å². The van der Waals surface area contributed by atoms with E-state index in [1.165, 1.54) is 24.3 Å². The Morgan fingerprint density at radius 3 is 2.26 bits per heavy atom. The lowest BCUT2D eigenvalue weighted by Crippen LogP contribution is -2.50. The first-order chi connectivity index (χ1) is 14.9. The largest absolute Gasteiger partial charge is 0.446 e. The van der Waals surface area contributed by atoms with Gasteiger partial charge in [0, 0.05) is 56.0 Å². The van der Waals surface area contributed by atoms with Crippen molar-refractivity contribution in [2.45, 2.75) is 23.2 Å². The van der Waals surface area contributed by atoms with Gasteiger partial charge in [-0.15, -0.1) is 0 Å². The highest BCUT2D eigenvalue weighted by Crippen LogP contribution is 2.37. The summed E-state index contributed by atoms with van der Waals surface area (Å²) in [4.78, 5) is 27.7. The summed E-state index contributed by atoms with van der Waals surface area (Å²) in [5.74, 6) is 1.61. The van der Waals surface area contributed by atoms with Gasteiger partial charge in [0.15, 0.2) is 0 Å². The minimum Gasteiger partial charge on any atom is -0.353 e. The topological polar surface area (TPSA) is 64.6 Å². The van der Waals surface area contributed by atoms with Crippen LogP contribution in [0.5, 0.6) is 0 Å². The SMILES string of the molecule is O=C(Nc1ccc(SC(F)(F)F)cc1)N1CCN(c2ccnc(N3CCCC3)n2)CC1. The molecule has 7 nitrogen and oxygen atoms in total. The van der Waals surface area contributed by atoms with Crippen LogP contribution in [0.4, 0.5) is 35.4 Å². The molecule has 2 saturated heterocycles. The second-order valence-corrected chi connectivity index (χ2v) is 8.52. The Bertz CT molecular complexity index is 897. The van der Waals surface area contributed by atoms with Crippen LogP contribution in [0.2, 0.25) is 0 Å². The molecule has 166 valence electrons. The summed E-state index contributed by atoms with van der Waals surface area (Å²) in [7, 11) is 0. The van der Waals surface area contributed by atoms with Gasteiger partial charge in [-0.1, -0.05) is 0 Å². The quantitative estimate of drug-likeness (QED) is 0.707. The molecule has 2 fully saturated rings. The van der Waals surface area contributed by atoms with Crippen molar-refractivity contribution < 1.29 is 18.0 Å². The number of carbonyl (C=O) groups is 1. The van der Waals surface area contributed by atoms with Gasteiger partial charge in [-0.3, -0.25) is 0 Å². The molecule has 0 aliphatic carbocycles. The minimum atomic E-state index is -4.33. The molecule has 1 N–H and O–H groups in total. The molecule has 3 heterocycles. The molecule has 1 aromatic carbocycles. The Hall–Kier alpha value is -2.69. The van der Waals surface area contributed by atoms with Crippen LogP contribution < -0.4 is 15.1 Å². The van der Waals surface area contributed by atoms with Gasteiger partial charge in [0.1, 0.15) is 5.82 Å². The van der Waals surface area contributed by atoms with Crippen LogP contribution in [0.1, 0.15) is 12.8 Å². The van der Waals surface area contributed by atoms with Gasteiger partial charge < -0.3 is 20.0 Å². The number of halogens is 3. The van der Waals surface area contributed by atoms with E-state index in [-0.39, 0.29) is 22.7 Å². The summed E-state index contributed by atoms with van der Waals surface area (Å²) >= 11 is -0.179. The third-order valence-electron chi connectivity index (χ3n) is 5.25. The van der Waals surface area contributed by atoms with E-state index in [4.69, 9.17) is 0 Å². The summed E-state index contributed by atoms with van der Waals surface area (Å²) in [5.41, 5.74) is -3.87. The normalized spacial score (nSPS) is 17.2. The maximum atomic E-state index is 12.5. The Labute approximate surface area is 182 Å². The molecule has 31 heavy (non-hydrogen) atoms. The summed E-state index contributed by atoms with van der Waals surface area (Å²) in [6.45, 7) is 4.30. The molecular weight excluding hydrogens is 429 g/mol. The number of aromatic nitrogens is 2. The van der Waals surface area contributed by atoms with Crippen LogP contribution in [0, 0.1) is 0 Å². The van der Waals surface area contributed by atoms with Crippen molar-refractivity contribution in [3.05, 3.63) is 36.5 Å². The number of hydrogen-bond donors (Lipinski definition) is 1. The van der Waals surface area contributed by atoms with E-state index in [1.807, 2.05) is 6.07 Å². The standard InChI is InChI=1S/C20H23F3N6OS/c21-20(22,23)31-16-5-3-15(4-6-16)25-19(30)29-13-11-27(12-14-29)17-7-8-24-18(26-17)28-9-1-2-10-28/h3-8H,1-2,9-14H2,(H,25,30). The maximum Gasteiger partial charge on any atom is 0.446 e. The molecular formula is C20H23F3N6OS. The lowest BCUT2D eigenvalue weighted by molar-refractivity contribution is -0.0328. The van der Waals surface area contributed by atoms with Crippen molar-refractivity contribution >= 4 is 35.2 Å².